The number of hydrogen-bond donors (Lipinski definition) is 1. The molecule has 0 saturated carbocycles. The molecule has 1 amide bonds. The summed E-state index contributed by atoms with van der Waals surface area (Å²) >= 11 is 0. The first-order valence-electron chi connectivity index (χ1n) is 9.56. The van der Waals surface area contributed by atoms with Crippen molar-refractivity contribution in [3.63, 3.8) is 0 Å². The minimum absolute atomic E-state index is 0.185. The van der Waals surface area contributed by atoms with E-state index in [-0.39, 0.29) is 5.91 Å². The van der Waals surface area contributed by atoms with Crippen LogP contribution in [0.4, 0.5) is 5.69 Å². The quantitative estimate of drug-likeness (QED) is 0.451. The van der Waals surface area contributed by atoms with Gasteiger partial charge in [0, 0.05) is 16.6 Å². The van der Waals surface area contributed by atoms with Crippen molar-refractivity contribution in [1.82, 2.24) is 0 Å². The molecular formula is C25H21NO3. The van der Waals surface area contributed by atoms with Gasteiger partial charge in [0.2, 0.25) is 0 Å². The summed E-state index contributed by atoms with van der Waals surface area (Å²) in [5, 5.41) is 3.84. The van der Waals surface area contributed by atoms with E-state index in [0.29, 0.717) is 28.2 Å². The summed E-state index contributed by atoms with van der Waals surface area (Å²) in [7, 11) is 0. The number of anilines is 1. The van der Waals surface area contributed by atoms with E-state index in [4.69, 9.17) is 4.42 Å². The third-order valence-corrected chi connectivity index (χ3v) is 4.93. The van der Waals surface area contributed by atoms with Crippen LogP contribution in [-0.4, -0.2) is 5.91 Å². The Bertz CT molecular complexity index is 1240. The van der Waals surface area contributed by atoms with Crippen molar-refractivity contribution in [3.05, 3.63) is 100 Å². The maximum absolute atomic E-state index is 12.7. The molecule has 3 aromatic carbocycles. The number of benzene rings is 3. The van der Waals surface area contributed by atoms with E-state index < -0.39 is 5.63 Å². The van der Waals surface area contributed by atoms with Gasteiger partial charge in [-0.05, 0) is 47.4 Å². The molecule has 4 aromatic rings. The molecule has 0 aliphatic rings. The van der Waals surface area contributed by atoms with Gasteiger partial charge in [0.15, 0.2) is 0 Å². The van der Waals surface area contributed by atoms with Gasteiger partial charge in [-0.25, -0.2) is 4.79 Å². The second-order valence-electron chi connectivity index (χ2n) is 7.26. The Hall–Kier alpha value is -3.66. The van der Waals surface area contributed by atoms with Crippen LogP contribution in [0.2, 0.25) is 0 Å². The summed E-state index contributed by atoms with van der Waals surface area (Å²) in [6.07, 6.45) is 0. The van der Waals surface area contributed by atoms with Crippen LogP contribution in [0, 0.1) is 0 Å². The molecular weight excluding hydrogens is 362 g/mol. The summed E-state index contributed by atoms with van der Waals surface area (Å²) in [6.45, 7) is 4.18. The monoisotopic (exact) mass is 383 g/mol. The maximum Gasteiger partial charge on any atom is 0.344 e. The van der Waals surface area contributed by atoms with E-state index in [2.05, 4.69) is 19.2 Å². The SMILES string of the molecule is CC(C)c1ccccc1NC(=O)c1ccc(-c2cc3ccccc3oc2=O)cc1. The first-order chi connectivity index (χ1) is 14.0. The van der Waals surface area contributed by atoms with Crippen LogP contribution >= 0.6 is 0 Å². The molecule has 0 bridgehead atoms. The van der Waals surface area contributed by atoms with E-state index in [1.807, 2.05) is 48.5 Å². The number of amides is 1. The van der Waals surface area contributed by atoms with Crippen molar-refractivity contribution >= 4 is 22.6 Å². The van der Waals surface area contributed by atoms with Gasteiger partial charge >= 0.3 is 5.63 Å². The smallest absolute Gasteiger partial charge is 0.344 e. The number of fused-ring (bicyclic) bond motifs is 1. The fraction of sp³-hybridized carbons (Fsp3) is 0.120. The third-order valence-electron chi connectivity index (χ3n) is 4.93. The van der Waals surface area contributed by atoms with Crippen molar-refractivity contribution in [2.45, 2.75) is 19.8 Å². The highest BCUT2D eigenvalue weighted by Crippen LogP contribution is 2.25. The molecule has 4 rings (SSSR count). The zero-order chi connectivity index (χ0) is 20.4. The number of carbonyl (C=O) groups is 1. The molecule has 0 saturated heterocycles. The van der Waals surface area contributed by atoms with Gasteiger partial charge < -0.3 is 9.73 Å². The first-order valence-corrected chi connectivity index (χ1v) is 9.56. The first kappa shape index (κ1) is 18.7. The van der Waals surface area contributed by atoms with E-state index >= 15 is 0 Å². The standard InChI is InChI=1S/C25H21NO3/c1-16(2)20-8-4-5-9-22(20)26-24(27)18-13-11-17(12-14-18)21-15-19-7-3-6-10-23(19)29-25(21)28/h3-16H,1-2H3,(H,26,27). The maximum atomic E-state index is 12.7. The second kappa shape index (κ2) is 7.76. The van der Waals surface area contributed by atoms with Crippen LogP contribution < -0.4 is 10.9 Å². The predicted molar refractivity (Wildman–Crippen MR) is 116 cm³/mol. The molecule has 0 radical (unpaired) electrons. The molecule has 1 heterocycles. The van der Waals surface area contributed by atoms with Gasteiger partial charge in [-0.1, -0.05) is 62.4 Å². The lowest BCUT2D eigenvalue weighted by Crippen LogP contribution is -2.13. The Balaban J connectivity index is 1.61. The van der Waals surface area contributed by atoms with Crippen molar-refractivity contribution in [2.24, 2.45) is 0 Å². The molecule has 1 N–H and O–H groups in total. The highest BCUT2D eigenvalue weighted by atomic mass is 16.4. The molecule has 4 nitrogen and oxygen atoms in total. The zero-order valence-electron chi connectivity index (χ0n) is 16.3. The third kappa shape index (κ3) is 3.83. The van der Waals surface area contributed by atoms with Crippen LogP contribution in [0.1, 0.15) is 35.7 Å². The number of hydrogen-bond acceptors (Lipinski definition) is 3. The summed E-state index contributed by atoms with van der Waals surface area (Å²) in [5.74, 6) is 0.121. The van der Waals surface area contributed by atoms with Gasteiger partial charge in [-0.3, -0.25) is 4.79 Å². The summed E-state index contributed by atoms with van der Waals surface area (Å²) in [5.41, 5.74) is 3.77. The van der Waals surface area contributed by atoms with Gasteiger partial charge in [0.05, 0.1) is 5.56 Å². The van der Waals surface area contributed by atoms with E-state index in [9.17, 15) is 9.59 Å². The molecule has 1 aromatic heterocycles. The minimum Gasteiger partial charge on any atom is -0.422 e. The predicted octanol–water partition coefficient (Wildman–Crippen LogP) is 5.84. The Kier molecular flexibility index (Phi) is 5.00. The minimum atomic E-state index is -0.397. The van der Waals surface area contributed by atoms with E-state index in [0.717, 1.165) is 16.6 Å². The zero-order valence-corrected chi connectivity index (χ0v) is 16.3. The fourth-order valence-corrected chi connectivity index (χ4v) is 3.37. The lowest BCUT2D eigenvalue weighted by Gasteiger charge is -2.13. The second-order valence-corrected chi connectivity index (χ2v) is 7.26. The van der Waals surface area contributed by atoms with Crippen molar-refractivity contribution in [3.8, 4) is 11.1 Å². The molecule has 0 aliphatic heterocycles. The van der Waals surface area contributed by atoms with Crippen LogP contribution in [0.15, 0.2) is 88.1 Å². The molecule has 144 valence electrons. The van der Waals surface area contributed by atoms with E-state index in [1.165, 1.54) is 0 Å². The van der Waals surface area contributed by atoms with Crippen LogP contribution in [0.5, 0.6) is 0 Å². The van der Waals surface area contributed by atoms with Crippen molar-refractivity contribution in [2.75, 3.05) is 5.32 Å². The molecule has 0 fully saturated rings. The largest absolute Gasteiger partial charge is 0.422 e. The summed E-state index contributed by atoms with van der Waals surface area (Å²) in [4.78, 5) is 25.0. The van der Waals surface area contributed by atoms with Crippen LogP contribution in [0.25, 0.3) is 22.1 Å². The number of para-hydroxylation sites is 2. The van der Waals surface area contributed by atoms with Crippen molar-refractivity contribution < 1.29 is 9.21 Å². The summed E-state index contributed by atoms with van der Waals surface area (Å²) in [6, 6.07) is 24.0. The molecule has 0 aliphatic carbocycles. The highest BCUT2D eigenvalue weighted by Gasteiger charge is 2.12. The number of nitrogens with one attached hydrogen (secondary N) is 1. The van der Waals surface area contributed by atoms with Crippen molar-refractivity contribution in [1.29, 1.82) is 0 Å². The van der Waals surface area contributed by atoms with Gasteiger partial charge in [0.1, 0.15) is 5.58 Å². The Morgan fingerprint density at radius 3 is 2.34 bits per heavy atom. The fourth-order valence-electron chi connectivity index (χ4n) is 3.37. The van der Waals surface area contributed by atoms with Crippen LogP contribution in [0.3, 0.4) is 0 Å². The van der Waals surface area contributed by atoms with Crippen LogP contribution in [-0.2, 0) is 0 Å². The lowest BCUT2D eigenvalue weighted by atomic mass is 10.0. The molecule has 29 heavy (non-hydrogen) atoms. The average molecular weight is 383 g/mol. The lowest BCUT2D eigenvalue weighted by molar-refractivity contribution is 0.102. The van der Waals surface area contributed by atoms with Gasteiger partial charge in [-0.15, -0.1) is 0 Å². The number of rotatable bonds is 4. The molecule has 0 atom stereocenters. The normalized spacial score (nSPS) is 11.0. The Morgan fingerprint density at radius 1 is 0.897 bits per heavy atom. The average Bonchev–Trinajstić information content (AvgIpc) is 2.73. The molecule has 0 unspecified atom stereocenters. The Morgan fingerprint density at radius 2 is 1.59 bits per heavy atom. The topological polar surface area (TPSA) is 59.3 Å². The van der Waals surface area contributed by atoms with Gasteiger partial charge in [-0.2, -0.15) is 0 Å². The van der Waals surface area contributed by atoms with E-state index in [1.54, 1.807) is 30.3 Å². The molecule has 4 heteroatoms. The highest BCUT2D eigenvalue weighted by molar-refractivity contribution is 6.05. The summed E-state index contributed by atoms with van der Waals surface area (Å²) < 4.78 is 5.40. The van der Waals surface area contributed by atoms with Gasteiger partial charge in [0.25, 0.3) is 5.91 Å². The Labute approximate surface area is 168 Å². The number of carbonyl (C=O) groups excluding carboxylic acids is 1. The molecule has 0 spiro atoms.